The highest BCUT2D eigenvalue weighted by atomic mass is 16.5. The van der Waals surface area contributed by atoms with Gasteiger partial charge in [0.15, 0.2) is 5.82 Å². The molecule has 3 N–H and O–H groups in total. The van der Waals surface area contributed by atoms with E-state index in [1.165, 1.54) is 0 Å². The fourth-order valence-electron chi connectivity index (χ4n) is 2.83. The predicted octanol–water partition coefficient (Wildman–Crippen LogP) is 3.95. The van der Waals surface area contributed by atoms with Gasteiger partial charge < -0.3 is 20.1 Å². The van der Waals surface area contributed by atoms with E-state index in [0.29, 0.717) is 12.4 Å². The molecule has 0 aliphatic rings. The minimum Gasteiger partial charge on any atom is -0.508 e. The summed E-state index contributed by atoms with van der Waals surface area (Å²) in [7, 11) is 1.63. The molecular formula is C20H18N4O2. The molecule has 0 aliphatic carbocycles. The molecule has 0 radical (unpaired) electrons. The highest BCUT2D eigenvalue weighted by molar-refractivity contribution is 5.77. The van der Waals surface area contributed by atoms with Crippen LogP contribution < -0.4 is 10.1 Å². The Kier molecular flexibility index (Phi) is 4.15. The van der Waals surface area contributed by atoms with Crippen LogP contribution in [-0.2, 0) is 6.54 Å². The maximum atomic E-state index is 9.60. The van der Waals surface area contributed by atoms with Crippen molar-refractivity contribution in [3.8, 4) is 22.9 Å². The Morgan fingerprint density at radius 1 is 1.15 bits per heavy atom. The number of hydrogen-bond acceptors (Lipinski definition) is 5. The minimum absolute atomic E-state index is 0.248. The maximum Gasteiger partial charge on any atom is 0.161 e. The van der Waals surface area contributed by atoms with Gasteiger partial charge in [0.05, 0.1) is 12.8 Å². The molecule has 0 unspecified atom stereocenters. The van der Waals surface area contributed by atoms with Crippen LogP contribution in [0.4, 0.5) is 5.69 Å². The number of aromatic nitrogens is 3. The third-order valence-corrected chi connectivity index (χ3v) is 4.15. The van der Waals surface area contributed by atoms with Crippen LogP contribution in [0.1, 0.15) is 5.56 Å². The first-order valence-electron chi connectivity index (χ1n) is 8.23. The average Bonchev–Trinajstić information content (AvgIpc) is 3.14. The topological polar surface area (TPSA) is 83.1 Å². The number of fused-ring (bicyclic) bond motifs is 1. The lowest BCUT2D eigenvalue weighted by atomic mass is 10.1. The largest absolute Gasteiger partial charge is 0.508 e. The summed E-state index contributed by atoms with van der Waals surface area (Å²) in [6.07, 6.45) is 3.65. The summed E-state index contributed by atoms with van der Waals surface area (Å²) < 4.78 is 5.45. The molecule has 2 aromatic heterocycles. The van der Waals surface area contributed by atoms with Crippen molar-refractivity contribution < 1.29 is 9.84 Å². The first kappa shape index (κ1) is 16.0. The number of hydrogen-bond donors (Lipinski definition) is 3. The van der Waals surface area contributed by atoms with Gasteiger partial charge in [-0.25, -0.2) is 9.97 Å². The monoisotopic (exact) mass is 346 g/mol. The molecule has 0 spiro atoms. The second-order valence-corrected chi connectivity index (χ2v) is 5.91. The summed E-state index contributed by atoms with van der Waals surface area (Å²) in [5.41, 5.74) is 3.51. The van der Waals surface area contributed by atoms with Crippen molar-refractivity contribution in [3.05, 3.63) is 66.5 Å². The van der Waals surface area contributed by atoms with Crippen molar-refractivity contribution >= 4 is 16.7 Å². The predicted molar refractivity (Wildman–Crippen MR) is 101 cm³/mol. The number of nitrogens with zero attached hydrogens (tertiary/aromatic N) is 2. The number of methoxy groups -OCH3 is 1. The Morgan fingerprint density at radius 3 is 2.92 bits per heavy atom. The van der Waals surface area contributed by atoms with Crippen LogP contribution >= 0.6 is 0 Å². The van der Waals surface area contributed by atoms with Crippen molar-refractivity contribution in [3.63, 3.8) is 0 Å². The molecule has 26 heavy (non-hydrogen) atoms. The number of phenols is 1. The molecule has 0 saturated heterocycles. The summed E-state index contributed by atoms with van der Waals surface area (Å²) in [6.45, 7) is 0.560. The quantitative estimate of drug-likeness (QED) is 0.510. The average molecular weight is 346 g/mol. The van der Waals surface area contributed by atoms with Gasteiger partial charge in [-0.3, -0.25) is 0 Å². The number of rotatable bonds is 5. The van der Waals surface area contributed by atoms with Crippen molar-refractivity contribution in [2.24, 2.45) is 0 Å². The highest BCUT2D eigenvalue weighted by Gasteiger charge is 2.09. The normalized spacial score (nSPS) is 10.8. The van der Waals surface area contributed by atoms with Gasteiger partial charge in [-0.05, 0) is 42.0 Å². The van der Waals surface area contributed by atoms with Crippen LogP contribution in [0, 0.1) is 0 Å². The molecule has 2 aromatic carbocycles. The Morgan fingerprint density at radius 2 is 2.08 bits per heavy atom. The lowest BCUT2D eigenvalue weighted by Crippen LogP contribution is -2.02. The maximum absolute atomic E-state index is 9.60. The summed E-state index contributed by atoms with van der Waals surface area (Å²) in [5.74, 6) is 1.62. The lowest BCUT2D eigenvalue weighted by molar-refractivity contribution is 0.416. The van der Waals surface area contributed by atoms with Crippen LogP contribution in [0.25, 0.3) is 22.4 Å². The zero-order valence-electron chi connectivity index (χ0n) is 14.2. The number of aromatic hydroxyl groups is 1. The number of ether oxygens (including phenoxy) is 1. The van der Waals surface area contributed by atoms with Crippen LogP contribution in [0.2, 0.25) is 0 Å². The minimum atomic E-state index is 0.248. The summed E-state index contributed by atoms with van der Waals surface area (Å²) in [4.78, 5) is 12.1. The lowest BCUT2D eigenvalue weighted by Gasteiger charge is -2.13. The smallest absolute Gasteiger partial charge is 0.161 e. The first-order valence-corrected chi connectivity index (χ1v) is 8.23. The number of benzene rings is 2. The van der Waals surface area contributed by atoms with E-state index in [0.717, 1.165) is 33.6 Å². The number of nitrogens with one attached hydrogen (secondary N) is 2. The van der Waals surface area contributed by atoms with E-state index in [1.807, 2.05) is 42.6 Å². The van der Waals surface area contributed by atoms with E-state index < -0.39 is 0 Å². The van der Waals surface area contributed by atoms with Gasteiger partial charge in [-0.2, -0.15) is 0 Å². The van der Waals surface area contributed by atoms with Crippen LogP contribution in [-0.4, -0.2) is 27.2 Å². The first-order chi connectivity index (χ1) is 12.7. The van der Waals surface area contributed by atoms with Gasteiger partial charge in [-0.15, -0.1) is 0 Å². The third kappa shape index (κ3) is 3.17. The van der Waals surface area contributed by atoms with Gasteiger partial charge in [0, 0.05) is 29.9 Å². The Hall–Kier alpha value is -3.54. The fourth-order valence-corrected chi connectivity index (χ4v) is 2.83. The molecule has 4 aromatic rings. The summed E-state index contributed by atoms with van der Waals surface area (Å²) >= 11 is 0. The molecule has 6 nitrogen and oxygen atoms in total. The van der Waals surface area contributed by atoms with Gasteiger partial charge in [0.2, 0.25) is 0 Å². The van der Waals surface area contributed by atoms with Gasteiger partial charge in [0.1, 0.15) is 17.1 Å². The molecule has 0 atom stereocenters. The summed E-state index contributed by atoms with van der Waals surface area (Å²) in [6, 6.07) is 14.9. The van der Waals surface area contributed by atoms with Gasteiger partial charge >= 0.3 is 0 Å². The number of anilines is 1. The van der Waals surface area contributed by atoms with Crippen LogP contribution in [0.5, 0.6) is 11.5 Å². The molecule has 0 bridgehead atoms. The van der Waals surface area contributed by atoms with E-state index in [1.54, 1.807) is 25.4 Å². The molecule has 4 rings (SSSR count). The van der Waals surface area contributed by atoms with Crippen molar-refractivity contribution in [1.29, 1.82) is 0 Å². The molecule has 0 aliphatic heterocycles. The van der Waals surface area contributed by atoms with Gasteiger partial charge in [-0.1, -0.05) is 12.1 Å². The Balaban J connectivity index is 1.64. The fraction of sp³-hybridized carbons (Fsp3) is 0.100. The highest BCUT2D eigenvalue weighted by Crippen LogP contribution is 2.30. The number of aromatic amines is 1. The van der Waals surface area contributed by atoms with E-state index in [-0.39, 0.29) is 5.75 Å². The molecule has 130 valence electrons. The number of H-pyrrole nitrogens is 1. The Bertz CT molecular complexity index is 1060. The second kappa shape index (κ2) is 6.76. The zero-order valence-corrected chi connectivity index (χ0v) is 14.2. The van der Waals surface area contributed by atoms with E-state index in [2.05, 4.69) is 20.3 Å². The van der Waals surface area contributed by atoms with Crippen molar-refractivity contribution in [2.45, 2.75) is 6.54 Å². The third-order valence-electron chi connectivity index (χ3n) is 4.15. The standard InChI is InChI=1S/C20H18N4O2/c1-26-18-6-5-14(19-23-12-15-7-8-21-20(15)24-19)10-17(18)22-11-13-3-2-4-16(25)9-13/h2-10,12,22,25H,11H2,1H3,(H,21,23,24). The summed E-state index contributed by atoms with van der Waals surface area (Å²) in [5, 5.41) is 13.9. The Labute approximate surface area is 150 Å². The zero-order chi connectivity index (χ0) is 17.9. The van der Waals surface area contributed by atoms with Crippen molar-refractivity contribution in [1.82, 2.24) is 15.0 Å². The van der Waals surface area contributed by atoms with E-state index >= 15 is 0 Å². The molecule has 0 fully saturated rings. The van der Waals surface area contributed by atoms with Crippen LogP contribution in [0.15, 0.2) is 60.9 Å². The van der Waals surface area contributed by atoms with Crippen LogP contribution in [0.3, 0.4) is 0 Å². The van der Waals surface area contributed by atoms with Crippen molar-refractivity contribution in [2.75, 3.05) is 12.4 Å². The molecule has 2 heterocycles. The molecule has 0 saturated carbocycles. The van der Waals surface area contributed by atoms with E-state index in [9.17, 15) is 5.11 Å². The second-order valence-electron chi connectivity index (χ2n) is 5.91. The number of phenolic OH excluding ortho intramolecular Hbond substituents is 1. The van der Waals surface area contributed by atoms with E-state index in [4.69, 9.17) is 4.74 Å². The SMILES string of the molecule is COc1ccc(-c2ncc3cc[nH]c3n2)cc1NCc1cccc(O)c1. The molecule has 6 heteroatoms. The molecular weight excluding hydrogens is 328 g/mol. The van der Waals surface area contributed by atoms with Gasteiger partial charge in [0.25, 0.3) is 0 Å². The molecule has 0 amide bonds.